The molecule has 0 aromatic rings. The van der Waals surface area contributed by atoms with E-state index >= 15 is 0 Å². The van der Waals surface area contributed by atoms with Crippen molar-refractivity contribution >= 4 is 11.9 Å². The molecule has 0 aliphatic heterocycles. The molecule has 0 aliphatic carbocycles. The molecule has 0 aromatic heterocycles. The van der Waals surface area contributed by atoms with Crippen LogP contribution < -0.4 is 0 Å². The number of carbonyl (C=O) groups excluding carboxylic acids is 1. The highest BCUT2D eigenvalue weighted by Crippen LogP contribution is 2.25. The lowest BCUT2D eigenvalue weighted by Gasteiger charge is -2.22. The summed E-state index contributed by atoms with van der Waals surface area (Å²) >= 11 is 0. The van der Waals surface area contributed by atoms with Gasteiger partial charge in [0.1, 0.15) is 0 Å². The van der Waals surface area contributed by atoms with Crippen LogP contribution in [0.2, 0.25) is 0 Å². The van der Waals surface area contributed by atoms with Crippen molar-refractivity contribution in [2.45, 2.75) is 91.9 Å². The van der Waals surface area contributed by atoms with Crippen LogP contribution in [0.25, 0.3) is 0 Å². The van der Waals surface area contributed by atoms with Gasteiger partial charge >= 0.3 is 11.9 Å². The fourth-order valence-electron chi connectivity index (χ4n) is 2.85. The molecule has 23 heavy (non-hydrogen) atoms. The Kier molecular flexibility index (Phi) is 11.8. The molecule has 0 radical (unpaired) electrons. The number of ether oxygens (including phenoxy) is 1. The Labute approximate surface area is 142 Å². The average molecular weight is 328 g/mol. The maximum atomic E-state index is 11.6. The third-order valence-corrected chi connectivity index (χ3v) is 3.86. The number of hydrogen-bond donors (Lipinski definition) is 1. The van der Waals surface area contributed by atoms with Gasteiger partial charge in [-0.2, -0.15) is 0 Å². The SMILES string of the molecule is CC(CCOC(=O)CCCCCCCCC(=O)O)CC(C)(C)C. The van der Waals surface area contributed by atoms with Gasteiger partial charge < -0.3 is 9.84 Å². The van der Waals surface area contributed by atoms with Crippen LogP contribution >= 0.6 is 0 Å². The average Bonchev–Trinajstić information content (AvgIpc) is 2.39. The van der Waals surface area contributed by atoms with Gasteiger partial charge in [-0.1, -0.05) is 53.4 Å². The molecule has 0 fully saturated rings. The van der Waals surface area contributed by atoms with Gasteiger partial charge in [0.25, 0.3) is 0 Å². The number of carboxylic acids is 1. The highest BCUT2D eigenvalue weighted by Gasteiger charge is 2.15. The number of esters is 1. The Morgan fingerprint density at radius 2 is 1.48 bits per heavy atom. The molecule has 0 heterocycles. The van der Waals surface area contributed by atoms with E-state index < -0.39 is 5.97 Å². The molecular weight excluding hydrogens is 292 g/mol. The van der Waals surface area contributed by atoms with Crippen molar-refractivity contribution in [1.29, 1.82) is 0 Å². The van der Waals surface area contributed by atoms with E-state index in [1.54, 1.807) is 0 Å². The minimum atomic E-state index is -0.718. The number of aliphatic carboxylic acids is 1. The van der Waals surface area contributed by atoms with Gasteiger partial charge in [0, 0.05) is 12.8 Å². The minimum Gasteiger partial charge on any atom is -0.481 e. The highest BCUT2D eigenvalue weighted by atomic mass is 16.5. The molecule has 0 aliphatic rings. The highest BCUT2D eigenvalue weighted by molar-refractivity contribution is 5.69. The molecule has 0 saturated heterocycles. The van der Waals surface area contributed by atoms with Crippen molar-refractivity contribution in [3.05, 3.63) is 0 Å². The van der Waals surface area contributed by atoms with E-state index in [9.17, 15) is 9.59 Å². The second kappa shape index (κ2) is 12.4. The Bertz CT molecular complexity index is 331. The van der Waals surface area contributed by atoms with Gasteiger partial charge in [0.2, 0.25) is 0 Å². The molecule has 0 aromatic carbocycles. The number of rotatable bonds is 13. The first kappa shape index (κ1) is 21.9. The quantitative estimate of drug-likeness (QED) is 0.373. The third-order valence-electron chi connectivity index (χ3n) is 3.86. The lowest BCUT2D eigenvalue weighted by atomic mass is 9.84. The maximum Gasteiger partial charge on any atom is 0.305 e. The first-order chi connectivity index (χ1) is 10.7. The molecule has 1 atom stereocenters. The molecule has 136 valence electrons. The molecule has 0 spiro atoms. The molecule has 0 rings (SSSR count). The van der Waals surface area contributed by atoms with E-state index in [0.717, 1.165) is 51.4 Å². The van der Waals surface area contributed by atoms with Crippen molar-refractivity contribution in [2.75, 3.05) is 6.61 Å². The monoisotopic (exact) mass is 328 g/mol. The van der Waals surface area contributed by atoms with E-state index in [-0.39, 0.29) is 12.4 Å². The summed E-state index contributed by atoms with van der Waals surface area (Å²) < 4.78 is 5.29. The van der Waals surface area contributed by atoms with Crippen LogP contribution in [0, 0.1) is 11.3 Å². The Morgan fingerprint density at radius 1 is 0.957 bits per heavy atom. The van der Waals surface area contributed by atoms with Crippen molar-refractivity contribution in [3.63, 3.8) is 0 Å². The summed E-state index contributed by atoms with van der Waals surface area (Å²) in [5.41, 5.74) is 0.327. The largest absolute Gasteiger partial charge is 0.481 e. The molecule has 4 nitrogen and oxygen atoms in total. The van der Waals surface area contributed by atoms with Gasteiger partial charge in [0.15, 0.2) is 0 Å². The number of hydrogen-bond acceptors (Lipinski definition) is 3. The maximum absolute atomic E-state index is 11.6. The van der Waals surface area contributed by atoms with Crippen molar-refractivity contribution < 1.29 is 19.4 Å². The van der Waals surface area contributed by atoms with E-state index in [2.05, 4.69) is 27.7 Å². The summed E-state index contributed by atoms with van der Waals surface area (Å²) in [6.45, 7) is 9.44. The molecule has 0 saturated carbocycles. The van der Waals surface area contributed by atoms with Gasteiger partial charge in [-0.15, -0.1) is 0 Å². The van der Waals surface area contributed by atoms with E-state index in [1.807, 2.05) is 0 Å². The summed E-state index contributed by atoms with van der Waals surface area (Å²) in [6.07, 6.45) is 8.56. The zero-order valence-electron chi connectivity index (χ0n) is 15.5. The summed E-state index contributed by atoms with van der Waals surface area (Å²) in [4.78, 5) is 22.0. The van der Waals surface area contributed by atoms with Gasteiger partial charge in [0.05, 0.1) is 6.61 Å². The normalized spacial score (nSPS) is 12.9. The number of carbonyl (C=O) groups is 2. The Hall–Kier alpha value is -1.06. The predicted octanol–water partition coefficient (Wildman–Crippen LogP) is 5.20. The fraction of sp³-hybridized carbons (Fsp3) is 0.895. The minimum absolute atomic E-state index is 0.0844. The Balaban J connectivity index is 3.42. The first-order valence-electron chi connectivity index (χ1n) is 9.08. The summed E-state index contributed by atoms with van der Waals surface area (Å²) in [6, 6.07) is 0. The van der Waals surface area contributed by atoms with Gasteiger partial charge in [-0.25, -0.2) is 0 Å². The van der Waals surface area contributed by atoms with Crippen LogP contribution in [0.4, 0.5) is 0 Å². The predicted molar refractivity (Wildman–Crippen MR) is 93.4 cm³/mol. The molecule has 4 heteroatoms. The third kappa shape index (κ3) is 17.1. The van der Waals surface area contributed by atoms with Crippen molar-refractivity contribution in [2.24, 2.45) is 11.3 Å². The summed E-state index contributed by atoms with van der Waals surface area (Å²) in [7, 11) is 0. The zero-order chi connectivity index (χ0) is 17.7. The second-order valence-electron chi connectivity index (χ2n) is 7.89. The summed E-state index contributed by atoms with van der Waals surface area (Å²) in [5.74, 6) is -0.225. The standard InChI is InChI=1S/C19H36O4/c1-16(15-19(2,3)4)13-14-23-18(22)12-10-8-6-5-7-9-11-17(20)21/h16H,5-15H2,1-4H3,(H,20,21). The van der Waals surface area contributed by atoms with Crippen LogP contribution in [-0.4, -0.2) is 23.7 Å². The molecule has 0 bridgehead atoms. The van der Waals surface area contributed by atoms with Gasteiger partial charge in [-0.05, 0) is 37.0 Å². The lowest BCUT2D eigenvalue weighted by molar-refractivity contribution is -0.144. The fourth-order valence-corrected chi connectivity index (χ4v) is 2.85. The van der Waals surface area contributed by atoms with E-state index in [0.29, 0.717) is 24.4 Å². The van der Waals surface area contributed by atoms with Crippen LogP contribution in [0.5, 0.6) is 0 Å². The van der Waals surface area contributed by atoms with E-state index in [4.69, 9.17) is 9.84 Å². The first-order valence-corrected chi connectivity index (χ1v) is 9.08. The van der Waals surface area contributed by atoms with Crippen LogP contribution in [0.15, 0.2) is 0 Å². The van der Waals surface area contributed by atoms with Crippen LogP contribution in [-0.2, 0) is 14.3 Å². The van der Waals surface area contributed by atoms with Crippen LogP contribution in [0.3, 0.4) is 0 Å². The zero-order valence-corrected chi connectivity index (χ0v) is 15.5. The van der Waals surface area contributed by atoms with Crippen molar-refractivity contribution in [1.82, 2.24) is 0 Å². The van der Waals surface area contributed by atoms with Gasteiger partial charge in [-0.3, -0.25) is 9.59 Å². The number of unbranched alkanes of at least 4 members (excludes halogenated alkanes) is 5. The lowest BCUT2D eigenvalue weighted by Crippen LogP contribution is -2.14. The second-order valence-corrected chi connectivity index (χ2v) is 7.89. The molecule has 0 amide bonds. The van der Waals surface area contributed by atoms with Crippen LogP contribution in [0.1, 0.15) is 91.9 Å². The summed E-state index contributed by atoms with van der Waals surface area (Å²) in [5, 5.41) is 8.52. The van der Waals surface area contributed by atoms with E-state index in [1.165, 1.54) is 0 Å². The molecule has 1 N–H and O–H groups in total. The molecule has 1 unspecified atom stereocenters. The number of carboxylic acid groups (broad SMARTS) is 1. The smallest absolute Gasteiger partial charge is 0.305 e. The topological polar surface area (TPSA) is 63.6 Å². The van der Waals surface area contributed by atoms with Crippen molar-refractivity contribution in [3.8, 4) is 0 Å². The Morgan fingerprint density at radius 3 is 2.00 bits per heavy atom. The molecular formula is C19H36O4.